The highest BCUT2D eigenvalue weighted by molar-refractivity contribution is 6.35. The van der Waals surface area contributed by atoms with Crippen molar-refractivity contribution < 1.29 is 9.53 Å². The number of carbonyl (C=O) groups excluding carboxylic acids is 1. The summed E-state index contributed by atoms with van der Waals surface area (Å²) in [6.45, 7) is 0. The van der Waals surface area contributed by atoms with Crippen molar-refractivity contribution >= 4 is 29.2 Å². The van der Waals surface area contributed by atoms with Gasteiger partial charge in [0, 0.05) is 16.5 Å². The maximum Gasteiger partial charge on any atom is 0.305 e. The van der Waals surface area contributed by atoms with Crippen LogP contribution in [0, 0.1) is 0 Å². The number of benzene rings is 1. The molecule has 0 amide bonds. The third kappa shape index (κ3) is 3.20. The van der Waals surface area contributed by atoms with E-state index in [1.54, 1.807) is 12.1 Å². The fourth-order valence-electron chi connectivity index (χ4n) is 1.06. The Balaban J connectivity index is 2.63. The predicted octanol–water partition coefficient (Wildman–Crippen LogP) is 3.10. The van der Waals surface area contributed by atoms with Gasteiger partial charge in [0.1, 0.15) is 0 Å². The van der Waals surface area contributed by atoms with E-state index in [2.05, 4.69) is 4.74 Å². The normalized spacial score (nSPS) is 9.93. The van der Waals surface area contributed by atoms with E-state index < -0.39 is 0 Å². The molecule has 4 heteroatoms. The molecule has 1 aromatic rings. The van der Waals surface area contributed by atoms with Crippen LogP contribution in [0.5, 0.6) is 0 Å². The summed E-state index contributed by atoms with van der Waals surface area (Å²) < 4.78 is 4.53. The molecule has 1 aromatic carbocycles. The summed E-state index contributed by atoms with van der Waals surface area (Å²) in [6.07, 6.45) is 0.903. The van der Waals surface area contributed by atoms with Crippen LogP contribution in [0.2, 0.25) is 10.0 Å². The van der Waals surface area contributed by atoms with Crippen molar-refractivity contribution in [1.29, 1.82) is 0 Å². The van der Waals surface area contributed by atoms with Crippen molar-refractivity contribution in [3.8, 4) is 0 Å². The average Bonchev–Trinajstić information content (AvgIpc) is 2.16. The second-order valence-corrected chi connectivity index (χ2v) is 3.66. The third-order valence-electron chi connectivity index (χ3n) is 1.84. The first-order valence-electron chi connectivity index (χ1n) is 4.14. The number of hydrogen-bond acceptors (Lipinski definition) is 2. The Kier molecular flexibility index (Phi) is 4.23. The van der Waals surface area contributed by atoms with E-state index in [0.29, 0.717) is 22.9 Å². The third-order valence-corrected chi connectivity index (χ3v) is 2.43. The minimum Gasteiger partial charge on any atom is -0.469 e. The average molecular weight is 233 g/mol. The maximum atomic E-state index is 10.9. The van der Waals surface area contributed by atoms with Crippen molar-refractivity contribution in [1.82, 2.24) is 0 Å². The Bertz CT molecular complexity index is 337. The number of methoxy groups -OCH3 is 1. The summed E-state index contributed by atoms with van der Waals surface area (Å²) in [7, 11) is 1.37. The Labute approximate surface area is 92.8 Å². The molecule has 0 saturated heterocycles. The van der Waals surface area contributed by atoms with Crippen LogP contribution < -0.4 is 0 Å². The van der Waals surface area contributed by atoms with E-state index >= 15 is 0 Å². The highest BCUT2D eigenvalue weighted by Crippen LogP contribution is 2.21. The first-order valence-corrected chi connectivity index (χ1v) is 4.90. The minimum atomic E-state index is -0.240. The molecule has 0 heterocycles. The lowest BCUT2D eigenvalue weighted by Gasteiger charge is -2.03. The molecular weight excluding hydrogens is 223 g/mol. The van der Waals surface area contributed by atoms with Crippen LogP contribution in [0.25, 0.3) is 0 Å². The molecule has 0 aliphatic heterocycles. The zero-order chi connectivity index (χ0) is 10.6. The number of halogens is 2. The molecule has 0 bridgehead atoms. The van der Waals surface area contributed by atoms with Gasteiger partial charge in [0.25, 0.3) is 0 Å². The Morgan fingerprint density at radius 2 is 2.14 bits per heavy atom. The van der Waals surface area contributed by atoms with Gasteiger partial charge in [-0.25, -0.2) is 0 Å². The quantitative estimate of drug-likeness (QED) is 0.750. The number of esters is 1. The van der Waals surface area contributed by atoms with Crippen molar-refractivity contribution in [3.05, 3.63) is 33.8 Å². The van der Waals surface area contributed by atoms with Crippen molar-refractivity contribution in [3.63, 3.8) is 0 Å². The molecule has 0 atom stereocenters. The van der Waals surface area contributed by atoms with Crippen LogP contribution >= 0.6 is 23.2 Å². The summed E-state index contributed by atoms with van der Waals surface area (Å²) in [5, 5.41) is 1.18. The second kappa shape index (κ2) is 5.23. The fourth-order valence-corrected chi connectivity index (χ4v) is 1.57. The van der Waals surface area contributed by atoms with Crippen LogP contribution in [0.3, 0.4) is 0 Å². The zero-order valence-corrected chi connectivity index (χ0v) is 9.23. The second-order valence-electron chi connectivity index (χ2n) is 2.81. The van der Waals surface area contributed by atoms with Gasteiger partial charge in [-0.2, -0.15) is 0 Å². The largest absolute Gasteiger partial charge is 0.469 e. The molecule has 0 radical (unpaired) electrons. The molecule has 0 N–H and O–H groups in total. The number of aryl methyl sites for hydroxylation is 1. The lowest BCUT2D eigenvalue weighted by molar-refractivity contribution is -0.140. The zero-order valence-electron chi connectivity index (χ0n) is 7.72. The van der Waals surface area contributed by atoms with E-state index in [1.165, 1.54) is 7.11 Å². The van der Waals surface area contributed by atoms with E-state index in [4.69, 9.17) is 23.2 Å². The highest BCUT2D eigenvalue weighted by atomic mass is 35.5. The molecule has 0 unspecified atom stereocenters. The lowest BCUT2D eigenvalue weighted by Crippen LogP contribution is -2.02. The lowest BCUT2D eigenvalue weighted by atomic mass is 10.1. The van der Waals surface area contributed by atoms with Gasteiger partial charge in [0.05, 0.1) is 7.11 Å². The van der Waals surface area contributed by atoms with Gasteiger partial charge in [-0.1, -0.05) is 29.3 Å². The number of ether oxygens (including phenoxy) is 1. The van der Waals surface area contributed by atoms with Crippen molar-refractivity contribution in [2.75, 3.05) is 7.11 Å². The molecule has 14 heavy (non-hydrogen) atoms. The summed E-state index contributed by atoms with van der Waals surface area (Å²) in [5.74, 6) is -0.240. The van der Waals surface area contributed by atoms with Gasteiger partial charge >= 0.3 is 5.97 Å². The van der Waals surface area contributed by atoms with Crippen LogP contribution in [-0.2, 0) is 16.0 Å². The standard InChI is InChI=1S/C10H10Cl2O2/c1-14-10(13)5-3-7-2-4-8(11)6-9(7)12/h2,4,6H,3,5H2,1H3. The number of hydrogen-bond donors (Lipinski definition) is 0. The highest BCUT2D eigenvalue weighted by Gasteiger charge is 2.05. The fraction of sp³-hybridized carbons (Fsp3) is 0.300. The summed E-state index contributed by atoms with van der Waals surface area (Å²) in [6, 6.07) is 5.23. The summed E-state index contributed by atoms with van der Waals surface area (Å²) in [5.41, 5.74) is 0.904. The monoisotopic (exact) mass is 232 g/mol. The van der Waals surface area contributed by atoms with Crippen molar-refractivity contribution in [2.24, 2.45) is 0 Å². The van der Waals surface area contributed by atoms with Gasteiger partial charge in [0.2, 0.25) is 0 Å². The molecule has 0 aromatic heterocycles. The van der Waals surface area contributed by atoms with Gasteiger partial charge in [0.15, 0.2) is 0 Å². The molecule has 0 spiro atoms. The molecule has 76 valence electrons. The number of carbonyl (C=O) groups is 1. The number of rotatable bonds is 3. The SMILES string of the molecule is COC(=O)CCc1ccc(Cl)cc1Cl. The molecule has 1 rings (SSSR count). The molecule has 0 fully saturated rings. The maximum absolute atomic E-state index is 10.9. The molecule has 0 aliphatic carbocycles. The van der Waals surface area contributed by atoms with Crippen LogP contribution in [0.15, 0.2) is 18.2 Å². The smallest absolute Gasteiger partial charge is 0.305 e. The van der Waals surface area contributed by atoms with E-state index in [-0.39, 0.29) is 5.97 Å². The first kappa shape index (κ1) is 11.3. The van der Waals surface area contributed by atoms with Crippen molar-refractivity contribution in [2.45, 2.75) is 12.8 Å². The van der Waals surface area contributed by atoms with Crippen LogP contribution in [0.1, 0.15) is 12.0 Å². The van der Waals surface area contributed by atoms with Gasteiger partial charge in [-0.15, -0.1) is 0 Å². The van der Waals surface area contributed by atoms with E-state index in [9.17, 15) is 4.79 Å². The van der Waals surface area contributed by atoms with Gasteiger partial charge in [-0.3, -0.25) is 4.79 Å². The Morgan fingerprint density at radius 1 is 1.43 bits per heavy atom. The molecule has 0 aliphatic rings. The first-order chi connectivity index (χ1) is 6.63. The minimum absolute atomic E-state index is 0.240. The summed E-state index contributed by atoms with van der Waals surface area (Å²) in [4.78, 5) is 10.9. The molecule has 2 nitrogen and oxygen atoms in total. The van der Waals surface area contributed by atoms with Crippen LogP contribution in [0.4, 0.5) is 0 Å². The van der Waals surface area contributed by atoms with Gasteiger partial charge in [-0.05, 0) is 24.1 Å². The summed E-state index contributed by atoms with van der Waals surface area (Å²) >= 11 is 11.7. The Morgan fingerprint density at radius 3 is 2.71 bits per heavy atom. The topological polar surface area (TPSA) is 26.3 Å². The van der Waals surface area contributed by atoms with E-state index in [1.807, 2.05) is 6.07 Å². The molecular formula is C10H10Cl2O2. The van der Waals surface area contributed by atoms with Gasteiger partial charge < -0.3 is 4.74 Å². The molecule has 0 saturated carbocycles. The van der Waals surface area contributed by atoms with Crippen LogP contribution in [-0.4, -0.2) is 13.1 Å². The predicted molar refractivity (Wildman–Crippen MR) is 56.8 cm³/mol. The Hall–Kier alpha value is -0.730. The van der Waals surface area contributed by atoms with E-state index in [0.717, 1.165) is 5.56 Å².